The molecule has 0 spiro atoms. The van der Waals surface area contributed by atoms with Crippen LogP contribution >= 0.6 is 0 Å². The number of carboxylic acid groups (broad SMARTS) is 1. The monoisotopic (exact) mass is 794 g/mol. The molecule has 0 unspecified atom stereocenters. The fourth-order valence-corrected chi connectivity index (χ4v) is 14.0. The molecule has 7 rings (SSSR count). The van der Waals surface area contributed by atoms with Gasteiger partial charge in [-0.15, -0.1) is 0 Å². The number of rotatable bonds is 10. The summed E-state index contributed by atoms with van der Waals surface area (Å²) in [6.45, 7) is 20.8. The van der Waals surface area contributed by atoms with E-state index in [9.17, 15) is 29.5 Å². The Morgan fingerprint density at radius 1 is 0.966 bits per heavy atom. The minimum atomic E-state index is -1.18. The Hall–Kier alpha value is -3.97. The molecular formula is C48H66N4O6. The van der Waals surface area contributed by atoms with Gasteiger partial charge in [-0.1, -0.05) is 48.5 Å². The number of ether oxygens (including phenoxy) is 1. The van der Waals surface area contributed by atoms with E-state index < -0.39 is 22.8 Å². The maximum Gasteiger partial charge on any atom is 0.309 e. The summed E-state index contributed by atoms with van der Waals surface area (Å²) in [6, 6.07) is 11.2. The molecule has 10 heteroatoms. The molecule has 4 saturated carbocycles. The zero-order valence-corrected chi connectivity index (χ0v) is 36.6. The van der Waals surface area contributed by atoms with Gasteiger partial charge in [-0.25, -0.2) is 4.68 Å². The molecule has 0 amide bonds. The van der Waals surface area contributed by atoms with Gasteiger partial charge >= 0.3 is 11.9 Å². The molecule has 1 heterocycles. The van der Waals surface area contributed by atoms with Crippen molar-refractivity contribution in [2.24, 2.45) is 50.7 Å². The summed E-state index contributed by atoms with van der Waals surface area (Å²) in [5.74, 6) is -0.181. The van der Waals surface area contributed by atoms with Crippen LogP contribution in [-0.2, 0) is 31.1 Å². The first-order valence-electron chi connectivity index (χ1n) is 21.8. The summed E-state index contributed by atoms with van der Waals surface area (Å²) in [5, 5.41) is 22.4. The van der Waals surface area contributed by atoms with E-state index in [4.69, 9.17) is 4.74 Å². The smallest absolute Gasteiger partial charge is 0.309 e. The molecule has 0 bridgehead atoms. The normalized spacial score (nSPS) is 34.1. The number of nitrogens with zero attached hydrogens (tertiary/aromatic N) is 3. The quantitative estimate of drug-likeness (QED) is 0.229. The number of aromatic nitrogens is 2. The second kappa shape index (κ2) is 14.3. The van der Waals surface area contributed by atoms with E-state index in [1.165, 1.54) is 5.57 Å². The number of carbonyl (C=O) groups excluding carboxylic acids is 2. The lowest BCUT2D eigenvalue weighted by Gasteiger charge is -2.72. The number of Topliss-reactive ketones (excluding diaryl/α,β-unsaturated/α-hetero) is 1. The molecule has 0 aliphatic heterocycles. The first-order chi connectivity index (χ1) is 27.1. The van der Waals surface area contributed by atoms with Crippen LogP contribution < -0.4 is 10.9 Å². The highest BCUT2D eigenvalue weighted by Gasteiger charge is 2.70. The summed E-state index contributed by atoms with van der Waals surface area (Å²) in [7, 11) is 1.91. The molecule has 2 aromatic rings. The standard InChI is InChI=1S/C48H66N4O6/c1-29(2)40-33(53)26-48(36-25-38(54)52(51(36)24-23-50-10)31-13-11-30(28-49)12-14-31)22-21-46(8)32(41(40)48)15-16-35-45(7)19-18-37(58-39(55)27-43(3,4)42(56)57)44(5,6)34(45)17-20-47(35,46)9/h11-14,25,29,32,34-35,37,50H,15-24,26-27H2,1-10H3,(H,56,57)/t32-,34+,35-,37+,45+,46-,47-,48+/m1/s1. The number of ketones is 1. The number of carbonyl (C=O) groups is 3. The molecule has 1 aromatic carbocycles. The predicted molar refractivity (Wildman–Crippen MR) is 223 cm³/mol. The zero-order chi connectivity index (χ0) is 42.4. The number of allylic oxidation sites excluding steroid dienone is 2. The highest BCUT2D eigenvalue weighted by atomic mass is 16.5. The molecule has 314 valence electrons. The van der Waals surface area contributed by atoms with Crippen molar-refractivity contribution < 1.29 is 24.2 Å². The third-order valence-electron chi connectivity index (χ3n) is 17.1. The van der Waals surface area contributed by atoms with Crippen LogP contribution in [-0.4, -0.2) is 51.9 Å². The maximum atomic E-state index is 14.5. The average Bonchev–Trinajstić information content (AvgIpc) is 3.65. The Bertz CT molecular complexity index is 2130. The van der Waals surface area contributed by atoms with Gasteiger partial charge in [0, 0.05) is 29.9 Å². The third-order valence-corrected chi connectivity index (χ3v) is 17.1. The van der Waals surface area contributed by atoms with Gasteiger partial charge in [0.15, 0.2) is 5.78 Å². The maximum absolute atomic E-state index is 14.5. The number of nitriles is 1. The first kappa shape index (κ1) is 42.2. The minimum absolute atomic E-state index is 0.000619. The number of aliphatic carboxylic acids is 1. The number of nitrogens with one attached hydrogen (secondary N) is 1. The van der Waals surface area contributed by atoms with Crippen molar-refractivity contribution in [1.82, 2.24) is 14.7 Å². The van der Waals surface area contributed by atoms with Gasteiger partial charge in [-0.2, -0.15) is 5.26 Å². The van der Waals surface area contributed by atoms with E-state index in [2.05, 4.69) is 64.5 Å². The fraction of sp³-hybridized carbons (Fsp3) is 0.688. The molecule has 8 atom stereocenters. The second-order valence-electron chi connectivity index (χ2n) is 21.0. The van der Waals surface area contributed by atoms with Gasteiger partial charge in [-0.05, 0) is 148 Å². The largest absolute Gasteiger partial charge is 0.481 e. The number of benzene rings is 1. The van der Waals surface area contributed by atoms with Crippen LogP contribution in [0.2, 0.25) is 0 Å². The number of likely N-dealkylation sites (N-methyl/N-ethyl adjacent to an activating group) is 1. The highest BCUT2D eigenvalue weighted by Crippen LogP contribution is 2.77. The lowest BCUT2D eigenvalue weighted by atomic mass is 9.33. The summed E-state index contributed by atoms with van der Waals surface area (Å²) in [6.07, 6.45) is 7.53. The van der Waals surface area contributed by atoms with Crippen molar-refractivity contribution in [2.75, 3.05) is 13.6 Å². The zero-order valence-electron chi connectivity index (χ0n) is 36.6. The predicted octanol–water partition coefficient (Wildman–Crippen LogP) is 8.37. The third kappa shape index (κ3) is 6.10. The molecule has 0 radical (unpaired) electrons. The molecule has 0 saturated heterocycles. The number of carboxylic acids is 1. The van der Waals surface area contributed by atoms with Crippen LogP contribution in [0.15, 0.2) is 46.3 Å². The van der Waals surface area contributed by atoms with E-state index in [1.54, 1.807) is 30.7 Å². The van der Waals surface area contributed by atoms with E-state index in [0.29, 0.717) is 42.6 Å². The molecule has 5 aliphatic carbocycles. The lowest BCUT2D eigenvalue weighted by molar-refractivity contribution is -0.232. The van der Waals surface area contributed by atoms with Gasteiger partial charge in [0.1, 0.15) is 6.10 Å². The van der Waals surface area contributed by atoms with Crippen molar-refractivity contribution in [3.05, 3.63) is 63.1 Å². The number of esters is 1. The molecule has 5 aliphatic rings. The van der Waals surface area contributed by atoms with Crippen LogP contribution in [0, 0.1) is 62.1 Å². The number of hydrogen-bond donors (Lipinski definition) is 2. The van der Waals surface area contributed by atoms with Crippen LogP contribution in [0.3, 0.4) is 0 Å². The van der Waals surface area contributed by atoms with Gasteiger partial charge in [-0.3, -0.25) is 23.9 Å². The van der Waals surface area contributed by atoms with Gasteiger partial charge in [0.25, 0.3) is 5.56 Å². The Morgan fingerprint density at radius 2 is 1.66 bits per heavy atom. The molecule has 4 fully saturated rings. The Morgan fingerprint density at radius 3 is 2.28 bits per heavy atom. The van der Waals surface area contributed by atoms with Crippen molar-refractivity contribution in [3.63, 3.8) is 0 Å². The van der Waals surface area contributed by atoms with Crippen molar-refractivity contribution in [2.45, 2.75) is 145 Å². The Labute approximate surface area is 344 Å². The molecule has 1 aromatic heterocycles. The molecular weight excluding hydrogens is 729 g/mol. The average molecular weight is 795 g/mol. The van der Waals surface area contributed by atoms with Crippen LogP contribution in [0.1, 0.15) is 138 Å². The van der Waals surface area contributed by atoms with Crippen molar-refractivity contribution in [1.29, 1.82) is 5.26 Å². The van der Waals surface area contributed by atoms with Crippen LogP contribution in [0.4, 0.5) is 0 Å². The second-order valence-corrected chi connectivity index (χ2v) is 21.0. The van der Waals surface area contributed by atoms with Crippen LogP contribution in [0.25, 0.3) is 5.69 Å². The minimum Gasteiger partial charge on any atom is -0.481 e. The Balaban J connectivity index is 1.26. The van der Waals surface area contributed by atoms with Gasteiger partial charge < -0.3 is 15.2 Å². The molecule has 2 N–H and O–H groups in total. The Kier molecular flexibility index (Phi) is 10.4. The highest BCUT2D eigenvalue weighted by molar-refractivity contribution is 6.01. The number of fused-ring (bicyclic) bond motifs is 7. The SMILES string of the molecule is CNCCn1c([C@@]23CC[C@]4(C)[C@H](CC[C@@H]5[C@@]6(C)CC[C@H](OC(=O)CC(C)(C)C(=O)O)C(C)(C)[C@@H]6CC[C@]54C)C2=C(C(C)C)C(=O)C3)cc(=O)n1-c1ccc(C#N)cc1. The van der Waals surface area contributed by atoms with E-state index in [0.717, 1.165) is 62.6 Å². The van der Waals surface area contributed by atoms with E-state index >= 15 is 0 Å². The lowest BCUT2D eigenvalue weighted by Crippen LogP contribution is -2.66. The summed E-state index contributed by atoms with van der Waals surface area (Å²) < 4.78 is 10.1. The molecule has 10 nitrogen and oxygen atoms in total. The first-order valence-corrected chi connectivity index (χ1v) is 21.8. The van der Waals surface area contributed by atoms with Crippen molar-refractivity contribution in [3.8, 4) is 11.8 Å². The van der Waals surface area contributed by atoms with Gasteiger partial charge in [0.05, 0.1) is 41.4 Å². The van der Waals surface area contributed by atoms with Crippen molar-refractivity contribution >= 4 is 17.7 Å². The fourth-order valence-electron chi connectivity index (χ4n) is 14.0. The van der Waals surface area contributed by atoms with Gasteiger partial charge in [0.2, 0.25) is 0 Å². The van der Waals surface area contributed by atoms with E-state index in [-0.39, 0.29) is 57.4 Å². The molecule has 58 heavy (non-hydrogen) atoms. The van der Waals surface area contributed by atoms with E-state index in [1.807, 2.05) is 25.2 Å². The topological polar surface area (TPSA) is 143 Å². The van der Waals surface area contributed by atoms with Crippen LogP contribution in [0.5, 0.6) is 0 Å². The summed E-state index contributed by atoms with van der Waals surface area (Å²) in [5.41, 5.74) is 2.23. The summed E-state index contributed by atoms with van der Waals surface area (Å²) in [4.78, 5) is 53.7. The number of hydrogen-bond acceptors (Lipinski definition) is 7. The summed E-state index contributed by atoms with van der Waals surface area (Å²) >= 11 is 0.